The Morgan fingerprint density at radius 2 is 2.19 bits per heavy atom. The number of aliphatic hydroxyl groups is 1. The van der Waals surface area contributed by atoms with Crippen molar-refractivity contribution in [2.75, 3.05) is 13.2 Å². The molecule has 1 atom stereocenters. The molecule has 1 aromatic carbocycles. The zero-order valence-electron chi connectivity index (χ0n) is 10.3. The highest BCUT2D eigenvalue weighted by Crippen LogP contribution is 2.23. The van der Waals surface area contributed by atoms with Crippen LogP contribution in [0.5, 0.6) is 5.75 Å². The van der Waals surface area contributed by atoms with E-state index in [1.54, 1.807) is 6.92 Å². The molecule has 0 bridgehead atoms. The highest BCUT2D eigenvalue weighted by atomic mass is 16.5. The highest BCUT2D eigenvalue weighted by molar-refractivity contribution is 5.40. The number of para-hydroxylation sites is 1. The zero-order chi connectivity index (χ0) is 12.0. The molecule has 16 heavy (non-hydrogen) atoms. The van der Waals surface area contributed by atoms with Gasteiger partial charge in [0.05, 0.1) is 12.7 Å². The summed E-state index contributed by atoms with van der Waals surface area (Å²) in [6.45, 7) is 7.80. The molecule has 0 aromatic heterocycles. The van der Waals surface area contributed by atoms with E-state index >= 15 is 0 Å². The first-order chi connectivity index (χ1) is 7.65. The molecule has 0 saturated heterocycles. The Bertz CT molecular complexity index is 324. The number of ether oxygens (including phenoxy) is 1. The molecule has 2 N–H and O–H groups in total. The first-order valence-corrected chi connectivity index (χ1v) is 5.75. The van der Waals surface area contributed by atoms with Crippen LogP contribution in [-0.4, -0.2) is 24.4 Å². The van der Waals surface area contributed by atoms with Gasteiger partial charge in [-0.1, -0.05) is 18.2 Å². The van der Waals surface area contributed by atoms with Gasteiger partial charge in [-0.15, -0.1) is 0 Å². The van der Waals surface area contributed by atoms with Crippen LogP contribution in [0.1, 0.15) is 25.0 Å². The van der Waals surface area contributed by atoms with Gasteiger partial charge in [0.1, 0.15) is 5.75 Å². The summed E-state index contributed by atoms with van der Waals surface area (Å²) in [6.07, 6.45) is -0.319. The molecule has 0 spiro atoms. The maximum absolute atomic E-state index is 9.16. The largest absolute Gasteiger partial charge is 0.493 e. The normalized spacial score (nSPS) is 12.5. The van der Waals surface area contributed by atoms with Crippen molar-refractivity contribution in [2.24, 2.45) is 0 Å². The van der Waals surface area contributed by atoms with Crippen LogP contribution >= 0.6 is 0 Å². The average molecular weight is 223 g/mol. The first kappa shape index (κ1) is 13.0. The minimum atomic E-state index is -0.319. The second-order valence-electron chi connectivity index (χ2n) is 3.98. The molecule has 0 aliphatic heterocycles. The van der Waals surface area contributed by atoms with Crippen molar-refractivity contribution in [3.05, 3.63) is 29.3 Å². The number of aryl methyl sites for hydroxylation is 1. The maximum Gasteiger partial charge on any atom is 0.126 e. The van der Waals surface area contributed by atoms with Gasteiger partial charge < -0.3 is 15.2 Å². The van der Waals surface area contributed by atoms with Gasteiger partial charge in [-0.2, -0.15) is 0 Å². The molecular formula is C13H21NO2. The molecule has 0 heterocycles. The average Bonchev–Trinajstić information content (AvgIpc) is 2.22. The zero-order valence-corrected chi connectivity index (χ0v) is 10.3. The fourth-order valence-corrected chi connectivity index (χ4v) is 1.62. The van der Waals surface area contributed by atoms with Crippen LogP contribution in [0, 0.1) is 6.92 Å². The summed E-state index contributed by atoms with van der Waals surface area (Å²) in [6, 6.07) is 6.12. The van der Waals surface area contributed by atoms with E-state index < -0.39 is 0 Å². The van der Waals surface area contributed by atoms with Crippen LogP contribution in [0.3, 0.4) is 0 Å². The fourth-order valence-electron chi connectivity index (χ4n) is 1.62. The van der Waals surface area contributed by atoms with E-state index in [-0.39, 0.29) is 6.10 Å². The van der Waals surface area contributed by atoms with E-state index in [2.05, 4.69) is 5.32 Å². The van der Waals surface area contributed by atoms with Crippen molar-refractivity contribution < 1.29 is 9.84 Å². The summed E-state index contributed by atoms with van der Waals surface area (Å²) in [5, 5.41) is 12.4. The summed E-state index contributed by atoms with van der Waals surface area (Å²) < 4.78 is 5.62. The van der Waals surface area contributed by atoms with E-state index in [9.17, 15) is 0 Å². The summed E-state index contributed by atoms with van der Waals surface area (Å²) in [5.74, 6) is 0.961. The first-order valence-electron chi connectivity index (χ1n) is 5.75. The van der Waals surface area contributed by atoms with Crippen LogP contribution < -0.4 is 10.1 Å². The topological polar surface area (TPSA) is 41.5 Å². The number of benzene rings is 1. The third-order valence-corrected chi connectivity index (χ3v) is 2.34. The molecule has 3 nitrogen and oxygen atoms in total. The molecule has 1 rings (SSSR count). The minimum absolute atomic E-state index is 0.319. The van der Waals surface area contributed by atoms with Crippen molar-refractivity contribution >= 4 is 0 Å². The number of hydrogen-bond acceptors (Lipinski definition) is 3. The summed E-state index contributed by atoms with van der Waals surface area (Å²) in [5.41, 5.74) is 2.29. The molecule has 0 aliphatic rings. The monoisotopic (exact) mass is 223 g/mol. The van der Waals surface area contributed by atoms with Crippen molar-refractivity contribution in [1.82, 2.24) is 5.32 Å². The summed E-state index contributed by atoms with van der Waals surface area (Å²) >= 11 is 0. The van der Waals surface area contributed by atoms with Gasteiger partial charge in [-0.05, 0) is 26.3 Å². The molecule has 0 aliphatic carbocycles. The lowest BCUT2D eigenvalue weighted by atomic mass is 10.1. The molecule has 3 heteroatoms. The molecular weight excluding hydrogens is 202 g/mol. The van der Waals surface area contributed by atoms with Gasteiger partial charge in [-0.3, -0.25) is 0 Å². The molecule has 0 unspecified atom stereocenters. The third-order valence-electron chi connectivity index (χ3n) is 2.34. The number of hydrogen-bond donors (Lipinski definition) is 2. The Morgan fingerprint density at radius 1 is 1.44 bits per heavy atom. The van der Waals surface area contributed by atoms with Gasteiger partial charge in [0.15, 0.2) is 0 Å². The number of aliphatic hydroxyl groups excluding tert-OH is 1. The van der Waals surface area contributed by atoms with Crippen LogP contribution in [-0.2, 0) is 6.54 Å². The van der Waals surface area contributed by atoms with Crippen LogP contribution in [0.4, 0.5) is 0 Å². The summed E-state index contributed by atoms with van der Waals surface area (Å²) in [4.78, 5) is 0. The smallest absolute Gasteiger partial charge is 0.126 e. The van der Waals surface area contributed by atoms with Gasteiger partial charge in [0.2, 0.25) is 0 Å². The SMILES string of the molecule is CCOc1c(C)cccc1CNC[C@H](C)O. The number of rotatable bonds is 6. The molecule has 0 fully saturated rings. The maximum atomic E-state index is 9.16. The predicted octanol–water partition coefficient (Wildman–Crippen LogP) is 1.86. The van der Waals surface area contributed by atoms with Gasteiger partial charge in [-0.25, -0.2) is 0 Å². The lowest BCUT2D eigenvalue weighted by Gasteiger charge is -2.14. The van der Waals surface area contributed by atoms with E-state index in [4.69, 9.17) is 9.84 Å². The Kier molecular flexibility index (Phi) is 5.29. The van der Waals surface area contributed by atoms with Gasteiger partial charge >= 0.3 is 0 Å². The number of nitrogens with one attached hydrogen (secondary N) is 1. The van der Waals surface area contributed by atoms with Crippen molar-refractivity contribution in [3.63, 3.8) is 0 Å². The molecule has 0 radical (unpaired) electrons. The molecule has 90 valence electrons. The lowest BCUT2D eigenvalue weighted by Crippen LogP contribution is -2.24. The quantitative estimate of drug-likeness (QED) is 0.773. The predicted molar refractivity (Wildman–Crippen MR) is 65.7 cm³/mol. The van der Waals surface area contributed by atoms with Crippen molar-refractivity contribution in [3.8, 4) is 5.75 Å². The van der Waals surface area contributed by atoms with Crippen LogP contribution in [0.2, 0.25) is 0 Å². The minimum Gasteiger partial charge on any atom is -0.493 e. The van der Waals surface area contributed by atoms with Crippen molar-refractivity contribution in [1.29, 1.82) is 0 Å². The Hall–Kier alpha value is -1.06. The van der Waals surface area contributed by atoms with Crippen LogP contribution in [0.15, 0.2) is 18.2 Å². The Morgan fingerprint density at radius 3 is 2.81 bits per heavy atom. The molecule has 0 amide bonds. The summed E-state index contributed by atoms with van der Waals surface area (Å²) in [7, 11) is 0. The van der Waals surface area contributed by atoms with E-state index in [0.29, 0.717) is 13.2 Å². The van der Waals surface area contributed by atoms with Gasteiger partial charge in [0, 0.05) is 18.7 Å². The van der Waals surface area contributed by atoms with E-state index in [1.165, 1.54) is 0 Å². The van der Waals surface area contributed by atoms with Crippen LogP contribution in [0.25, 0.3) is 0 Å². The molecule has 0 saturated carbocycles. The Labute approximate surface area is 97.4 Å². The second kappa shape index (κ2) is 6.51. The van der Waals surface area contributed by atoms with E-state index in [1.807, 2.05) is 32.0 Å². The van der Waals surface area contributed by atoms with Crippen molar-refractivity contribution in [2.45, 2.75) is 33.4 Å². The Balaban J connectivity index is 2.66. The fraction of sp³-hybridized carbons (Fsp3) is 0.538. The lowest BCUT2D eigenvalue weighted by molar-refractivity contribution is 0.190. The highest BCUT2D eigenvalue weighted by Gasteiger charge is 2.06. The molecule has 1 aromatic rings. The third kappa shape index (κ3) is 3.83. The van der Waals surface area contributed by atoms with Gasteiger partial charge in [0.25, 0.3) is 0 Å². The van der Waals surface area contributed by atoms with E-state index in [0.717, 1.165) is 23.4 Å². The standard InChI is InChI=1S/C13H21NO2/c1-4-16-13-10(2)6-5-7-12(13)9-14-8-11(3)15/h5-7,11,14-15H,4,8-9H2,1-3H3/t11-/m0/s1. The second-order valence-corrected chi connectivity index (χ2v) is 3.98.